The Balaban J connectivity index is 1.16. The summed E-state index contributed by atoms with van der Waals surface area (Å²) in [5, 5.41) is 7.21. The van der Waals surface area contributed by atoms with Crippen molar-refractivity contribution in [2.45, 2.75) is 6.42 Å². The number of morpholine rings is 1. The second-order valence-electron chi connectivity index (χ2n) is 8.30. The molecule has 0 saturated carbocycles. The Bertz CT molecular complexity index is 1320. The van der Waals surface area contributed by atoms with Gasteiger partial charge in [0.15, 0.2) is 0 Å². The molecule has 4 aromatic rings. The molecule has 1 aliphatic heterocycles. The third-order valence-corrected chi connectivity index (χ3v) is 5.77. The topological polar surface area (TPSA) is 104 Å². The summed E-state index contributed by atoms with van der Waals surface area (Å²) in [6.07, 6.45) is 2.62. The predicted octanol–water partition coefficient (Wildman–Crippen LogP) is 3.91. The molecule has 5 rings (SSSR count). The number of hydrogen-bond donors (Lipinski definition) is 3. The van der Waals surface area contributed by atoms with Crippen LogP contribution in [0.15, 0.2) is 71.7 Å². The van der Waals surface area contributed by atoms with Crippen molar-refractivity contribution in [3.8, 4) is 5.75 Å². The van der Waals surface area contributed by atoms with E-state index in [4.69, 9.17) is 9.47 Å². The summed E-state index contributed by atoms with van der Waals surface area (Å²) in [7, 11) is 0. The van der Waals surface area contributed by atoms with E-state index in [0.717, 1.165) is 61.6 Å². The minimum absolute atomic E-state index is 0.211. The highest BCUT2D eigenvalue weighted by Crippen LogP contribution is 2.20. The molecule has 0 unspecified atom stereocenters. The fourth-order valence-corrected chi connectivity index (χ4v) is 3.93. The van der Waals surface area contributed by atoms with Gasteiger partial charge in [-0.15, -0.1) is 0 Å². The van der Waals surface area contributed by atoms with Gasteiger partial charge in [-0.25, -0.2) is 4.98 Å². The Morgan fingerprint density at radius 2 is 1.86 bits per heavy atom. The van der Waals surface area contributed by atoms with E-state index in [2.05, 4.69) is 30.5 Å². The van der Waals surface area contributed by atoms with Crippen LogP contribution in [0.2, 0.25) is 0 Å². The van der Waals surface area contributed by atoms with Gasteiger partial charge in [-0.1, -0.05) is 18.2 Å². The van der Waals surface area contributed by atoms with Crippen LogP contribution in [0, 0.1) is 0 Å². The third kappa shape index (κ3) is 6.14. The van der Waals surface area contributed by atoms with Crippen LogP contribution in [-0.2, 0) is 4.74 Å². The zero-order chi connectivity index (χ0) is 23.9. The van der Waals surface area contributed by atoms with Crippen LogP contribution in [-0.4, -0.2) is 59.3 Å². The number of nitrogens with zero attached hydrogens (tertiary/aromatic N) is 3. The van der Waals surface area contributed by atoms with E-state index in [0.29, 0.717) is 24.1 Å². The Morgan fingerprint density at radius 1 is 1.03 bits per heavy atom. The minimum atomic E-state index is -0.211. The number of anilines is 4. The lowest BCUT2D eigenvalue weighted by atomic mass is 10.2. The normalized spacial score (nSPS) is 14.1. The lowest BCUT2D eigenvalue weighted by Gasteiger charge is -2.26. The van der Waals surface area contributed by atoms with Gasteiger partial charge in [-0.3, -0.25) is 9.69 Å². The molecule has 0 amide bonds. The number of ether oxygens (including phenoxy) is 2. The van der Waals surface area contributed by atoms with Crippen LogP contribution >= 0.6 is 0 Å². The average molecular weight is 473 g/mol. The van der Waals surface area contributed by atoms with Crippen LogP contribution in [0.25, 0.3) is 10.9 Å². The first-order chi connectivity index (χ1) is 17.2. The monoisotopic (exact) mass is 472 g/mol. The highest BCUT2D eigenvalue weighted by molar-refractivity contribution is 5.82. The number of nitrogens with one attached hydrogen (secondary N) is 3. The summed E-state index contributed by atoms with van der Waals surface area (Å²) >= 11 is 0. The van der Waals surface area contributed by atoms with E-state index >= 15 is 0 Å². The zero-order valence-electron chi connectivity index (χ0n) is 19.4. The van der Waals surface area contributed by atoms with Crippen molar-refractivity contribution >= 4 is 34.0 Å². The van der Waals surface area contributed by atoms with Gasteiger partial charge in [0, 0.05) is 42.4 Å². The van der Waals surface area contributed by atoms with E-state index in [1.165, 1.54) is 0 Å². The summed E-state index contributed by atoms with van der Waals surface area (Å²) in [6.45, 7) is 5.33. The van der Waals surface area contributed by atoms with Gasteiger partial charge in [0.25, 0.3) is 5.56 Å². The molecule has 1 aliphatic rings. The van der Waals surface area contributed by atoms with Gasteiger partial charge in [0.2, 0.25) is 5.95 Å². The summed E-state index contributed by atoms with van der Waals surface area (Å²) in [5.74, 6) is 1.76. The number of aromatic nitrogens is 3. The number of rotatable bonds is 9. The van der Waals surface area contributed by atoms with Crippen LogP contribution in [0.1, 0.15) is 6.42 Å². The number of hydrogen-bond acceptors (Lipinski definition) is 8. The summed E-state index contributed by atoms with van der Waals surface area (Å²) in [4.78, 5) is 26.5. The standard InChI is InChI=1S/C26H28N6O3/c33-25-23(18-19-4-1-2-5-22(19)30-25)29-24-10-11-27-26(31-24)28-20-6-8-21(9-7-20)35-15-3-12-32-13-16-34-17-14-32/h1-2,4-11,18H,3,12-17H2,(H,30,33)(H2,27,28,29,31). The Morgan fingerprint density at radius 3 is 2.71 bits per heavy atom. The van der Waals surface area contributed by atoms with Gasteiger partial charge in [0.05, 0.1) is 19.8 Å². The average Bonchev–Trinajstić information content (AvgIpc) is 2.89. The lowest BCUT2D eigenvalue weighted by Crippen LogP contribution is -2.37. The second-order valence-corrected chi connectivity index (χ2v) is 8.30. The highest BCUT2D eigenvalue weighted by Gasteiger charge is 2.09. The molecule has 3 heterocycles. The first kappa shape index (κ1) is 22.8. The van der Waals surface area contributed by atoms with E-state index < -0.39 is 0 Å². The van der Waals surface area contributed by atoms with E-state index in [1.807, 2.05) is 54.6 Å². The molecule has 2 aromatic carbocycles. The Kier molecular flexibility index (Phi) is 7.16. The fourth-order valence-electron chi connectivity index (χ4n) is 3.93. The molecule has 1 fully saturated rings. The summed E-state index contributed by atoms with van der Waals surface area (Å²) in [5.41, 5.74) is 1.84. The maximum Gasteiger partial charge on any atom is 0.272 e. The molecule has 0 radical (unpaired) electrons. The lowest BCUT2D eigenvalue weighted by molar-refractivity contribution is 0.0358. The Hall–Kier alpha value is -3.95. The fraction of sp³-hybridized carbons (Fsp3) is 0.269. The quantitative estimate of drug-likeness (QED) is 0.315. The van der Waals surface area contributed by atoms with Crippen LogP contribution in [0.3, 0.4) is 0 Å². The largest absolute Gasteiger partial charge is 0.494 e. The minimum Gasteiger partial charge on any atom is -0.494 e. The molecular formula is C26H28N6O3. The molecule has 3 N–H and O–H groups in total. The molecule has 0 aliphatic carbocycles. The number of para-hydroxylation sites is 1. The van der Waals surface area contributed by atoms with Gasteiger partial charge in [-0.05, 0) is 48.9 Å². The molecule has 1 saturated heterocycles. The van der Waals surface area contributed by atoms with Crippen molar-refractivity contribution in [3.63, 3.8) is 0 Å². The van der Waals surface area contributed by atoms with E-state index in [-0.39, 0.29) is 5.56 Å². The summed E-state index contributed by atoms with van der Waals surface area (Å²) < 4.78 is 11.2. The smallest absolute Gasteiger partial charge is 0.272 e. The number of benzene rings is 2. The molecule has 0 spiro atoms. The van der Waals surface area contributed by atoms with Gasteiger partial charge >= 0.3 is 0 Å². The molecule has 35 heavy (non-hydrogen) atoms. The highest BCUT2D eigenvalue weighted by atomic mass is 16.5. The van der Waals surface area contributed by atoms with Crippen LogP contribution in [0.4, 0.5) is 23.1 Å². The number of pyridine rings is 1. The molecule has 180 valence electrons. The molecule has 0 atom stereocenters. The third-order valence-electron chi connectivity index (χ3n) is 5.77. The summed E-state index contributed by atoms with van der Waals surface area (Å²) in [6, 6.07) is 18.9. The molecular weight excluding hydrogens is 444 g/mol. The van der Waals surface area contributed by atoms with E-state index in [1.54, 1.807) is 12.3 Å². The zero-order valence-corrected chi connectivity index (χ0v) is 19.4. The molecule has 2 aromatic heterocycles. The van der Waals surface area contributed by atoms with Gasteiger partial charge in [0.1, 0.15) is 17.3 Å². The van der Waals surface area contributed by atoms with Crippen molar-refractivity contribution in [2.75, 3.05) is 50.1 Å². The van der Waals surface area contributed by atoms with Crippen LogP contribution in [0.5, 0.6) is 5.75 Å². The molecule has 0 bridgehead atoms. The number of aromatic amines is 1. The maximum atomic E-state index is 12.4. The van der Waals surface area contributed by atoms with Crippen molar-refractivity contribution in [1.29, 1.82) is 0 Å². The Labute approximate surface area is 203 Å². The van der Waals surface area contributed by atoms with Crippen molar-refractivity contribution in [1.82, 2.24) is 19.9 Å². The van der Waals surface area contributed by atoms with E-state index in [9.17, 15) is 4.79 Å². The van der Waals surface area contributed by atoms with Crippen molar-refractivity contribution < 1.29 is 9.47 Å². The number of H-pyrrole nitrogens is 1. The second kappa shape index (κ2) is 11.0. The van der Waals surface area contributed by atoms with Crippen molar-refractivity contribution in [3.05, 3.63) is 77.2 Å². The van der Waals surface area contributed by atoms with Crippen LogP contribution < -0.4 is 20.9 Å². The number of fused-ring (bicyclic) bond motifs is 1. The molecule has 9 nitrogen and oxygen atoms in total. The van der Waals surface area contributed by atoms with Gasteiger partial charge < -0.3 is 25.1 Å². The predicted molar refractivity (Wildman–Crippen MR) is 137 cm³/mol. The SMILES string of the molecule is O=c1[nH]c2ccccc2cc1Nc1ccnc(Nc2ccc(OCCCN3CCOCC3)cc2)n1. The molecule has 9 heteroatoms. The van der Waals surface area contributed by atoms with Crippen molar-refractivity contribution in [2.24, 2.45) is 0 Å². The first-order valence-corrected chi connectivity index (χ1v) is 11.8. The van der Waals surface area contributed by atoms with Gasteiger partial charge in [-0.2, -0.15) is 4.98 Å². The first-order valence-electron chi connectivity index (χ1n) is 11.8. The maximum absolute atomic E-state index is 12.4.